The molecule has 2 N–H and O–H groups in total. The van der Waals surface area contributed by atoms with Crippen LogP contribution in [0, 0.1) is 6.92 Å². The number of hydrogen-bond acceptors (Lipinski definition) is 8. The molecule has 158 valence electrons. The second kappa shape index (κ2) is 8.28. The van der Waals surface area contributed by atoms with Gasteiger partial charge >= 0.3 is 0 Å². The van der Waals surface area contributed by atoms with Crippen molar-refractivity contribution in [2.75, 3.05) is 18.0 Å². The van der Waals surface area contributed by atoms with E-state index in [1.807, 2.05) is 24.3 Å². The van der Waals surface area contributed by atoms with Crippen molar-refractivity contribution in [3.8, 4) is 11.6 Å². The van der Waals surface area contributed by atoms with Crippen molar-refractivity contribution < 1.29 is 9.63 Å². The number of aliphatic hydroxyl groups excluding tert-OH is 1. The Labute approximate surface area is 175 Å². The van der Waals surface area contributed by atoms with Gasteiger partial charge in [0.05, 0.1) is 17.1 Å². The molecule has 2 aromatic heterocycles. The molecule has 8 heteroatoms. The number of nitrogens with zero attached hydrogens (tertiary/aromatic N) is 5. The molecule has 5 rings (SSSR count). The van der Waals surface area contributed by atoms with Crippen LogP contribution < -0.4 is 10.2 Å². The standard InChI is InChI=1S/C22H28N6O2/c1-14-23-22(30-27-14)20-21(26-17-10-6-5-9-16(17)25-20)28-12-11-18(19(29)13-28)24-15-7-3-2-4-8-15/h5-6,9-10,15,18-19,24,29H,2-4,7-8,11-13H2,1H3/t18?,19-/m1/s1. The molecule has 1 saturated heterocycles. The SMILES string of the molecule is Cc1noc(-c2nc3ccccc3nc2N2CCC(NC3CCCCC3)[C@H](O)C2)n1. The Morgan fingerprint density at radius 1 is 1.03 bits per heavy atom. The highest BCUT2D eigenvalue weighted by Crippen LogP contribution is 2.31. The van der Waals surface area contributed by atoms with Gasteiger partial charge in [-0.3, -0.25) is 0 Å². The summed E-state index contributed by atoms with van der Waals surface area (Å²) in [4.78, 5) is 16.1. The van der Waals surface area contributed by atoms with Crippen LogP contribution in [-0.4, -0.2) is 56.5 Å². The van der Waals surface area contributed by atoms with Crippen molar-refractivity contribution in [2.24, 2.45) is 0 Å². The predicted octanol–water partition coefficient (Wildman–Crippen LogP) is 2.85. The van der Waals surface area contributed by atoms with E-state index in [4.69, 9.17) is 14.5 Å². The average molecular weight is 409 g/mol. The number of anilines is 1. The fourth-order valence-electron chi connectivity index (χ4n) is 4.64. The van der Waals surface area contributed by atoms with Crippen LogP contribution in [0.3, 0.4) is 0 Å². The van der Waals surface area contributed by atoms with E-state index in [0.717, 1.165) is 24.0 Å². The summed E-state index contributed by atoms with van der Waals surface area (Å²) in [6.45, 7) is 3.07. The highest BCUT2D eigenvalue weighted by molar-refractivity contribution is 5.81. The van der Waals surface area contributed by atoms with Crippen molar-refractivity contribution in [3.63, 3.8) is 0 Å². The van der Waals surface area contributed by atoms with E-state index in [2.05, 4.69) is 20.4 Å². The molecule has 1 aliphatic heterocycles. The Morgan fingerprint density at radius 3 is 2.50 bits per heavy atom. The van der Waals surface area contributed by atoms with Crippen molar-refractivity contribution >= 4 is 16.9 Å². The Morgan fingerprint density at radius 2 is 1.80 bits per heavy atom. The van der Waals surface area contributed by atoms with Crippen LogP contribution in [0.1, 0.15) is 44.3 Å². The van der Waals surface area contributed by atoms with Gasteiger partial charge in [-0.05, 0) is 38.3 Å². The third kappa shape index (κ3) is 3.89. The van der Waals surface area contributed by atoms with Crippen LogP contribution >= 0.6 is 0 Å². The summed E-state index contributed by atoms with van der Waals surface area (Å²) >= 11 is 0. The molecule has 0 amide bonds. The number of hydrogen-bond donors (Lipinski definition) is 2. The van der Waals surface area contributed by atoms with E-state index in [-0.39, 0.29) is 6.04 Å². The summed E-state index contributed by atoms with van der Waals surface area (Å²) in [5, 5.41) is 18.5. The third-order valence-corrected chi connectivity index (χ3v) is 6.22. The number of aromatic nitrogens is 4. The molecule has 8 nitrogen and oxygen atoms in total. The highest BCUT2D eigenvalue weighted by atomic mass is 16.5. The third-order valence-electron chi connectivity index (χ3n) is 6.22. The number of benzene rings is 1. The summed E-state index contributed by atoms with van der Waals surface area (Å²) in [5.41, 5.74) is 2.16. The number of aliphatic hydroxyl groups is 1. The number of β-amino-alcohol motifs (C(OH)–C–C–N with tert-alkyl or cyclic N) is 1. The Bertz CT molecular complexity index is 1020. The number of aryl methyl sites for hydroxylation is 1. The molecular weight excluding hydrogens is 380 g/mol. The first-order valence-corrected chi connectivity index (χ1v) is 10.9. The lowest BCUT2D eigenvalue weighted by atomic mass is 9.93. The number of piperidine rings is 1. The van der Waals surface area contributed by atoms with Crippen LogP contribution in [-0.2, 0) is 0 Å². The molecule has 3 heterocycles. The van der Waals surface area contributed by atoms with Crippen molar-refractivity contribution in [3.05, 3.63) is 30.1 Å². The van der Waals surface area contributed by atoms with Crippen molar-refractivity contribution in [2.45, 2.75) is 63.6 Å². The molecule has 1 saturated carbocycles. The van der Waals surface area contributed by atoms with Gasteiger partial charge in [-0.15, -0.1) is 0 Å². The zero-order chi connectivity index (χ0) is 20.5. The van der Waals surface area contributed by atoms with Crippen LogP contribution in [0.2, 0.25) is 0 Å². The zero-order valence-corrected chi connectivity index (χ0v) is 17.3. The van der Waals surface area contributed by atoms with Gasteiger partial charge in [-0.1, -0.05) is 36.6 Å². The van der Waals surface area contributed by atoms with Gasteiger partial charge in [-0.2, -0.15) is 4.98 Å². The summed E-state index contributed by atoms with van der Waals surface area (Å²) < 4.78 is 5.41. The molecule has 1 aliphatic carbocycles. The normalized spacial score (nSPS) is 23.2. The van der Waals surface area contributed by atoms with E-state index in [1.54, 1.807) is 6.92 Å². The van der Waals surface area contributed by atoms with Crippen molar-refractivity contribution in [1.82, 2.24) is 25.4 Å². The second-order valence-electron chi connectivity index (χ2n) is 8.44. The fourth-order valence-corrected chi connectivity index (χ4v) is 4.64. The first-order chi connectivity index (χ1) is 14.7. The number of para-hydroxylation sites is 2. The van der Waals surface area contributed by atoms with Gasteiger partial charge in [-0.25, -0.2) is 9.97 Å². The average Bonchev–Trinajstić information content (AvgIpc) is 3.21. The van der Waals surface area contributed by atoms with E-state index in [1.165, 1.54) is 32.1 Å². The van der Waals surface area contributed by atoms with Crippen LogP contribution in [0.15, 0.2) is 28.8 Å². The lowest BCUT2D eigenvalue weighted by molar-refractivity contribution is 0.103. The predicted molar refractivity (Wildman–Crippen MR) is 114 cm³/mol. The van der Waals surface area contributed by atoms with Gasteiger partial charge in [0, 0.05) is 25.2 Å². The minimum absolute atomic E-state index is 0.117. The number of fused-ring (bicyclic) bond motifs is 1. The molecule has 0 radical (unpaired) electrons. The van der Waals surface area contributed by atoms with E-state index in [9.17, 15) is 5.11 Å². The molecule has 1 aromatic carbocycles. The minimum Gasteiger partial charge on any atom is -0.390 e. The van der Waals surface area contributed by atoms with Gasteiger partial charge in [0.1, 0.15) is 0 Å². The topological polar surface area (TPSA) is 100 Å². The maximum atomic E-state index is 10.9. The van der Waals surface area contributed by atoms with Gasteiger partial charge < -0.3 is 19.8 Å². The molecule has 0 bridgehead atoms. The van der Waals surface area contributed by atoms with Gasteiger partial charge in [0.2, 0.25) is 0 Å². The second-order valence-corrected chi connectivity index (χ2v) is 8.44. The molecule has 30 heavy (non-hydrogen) atoms. The molecule has 2 aliphatic rings. The molecule has 2 atom stereocenters. The van der Waals surface area contributed by atoms with Crippen molar-refractivity contribution in [1.29, 1.82) is 0 Å². The first kappa shape index (κ1) is 19.4. The van der Waals surface area contributed by atoms with E-state index >= 15 is 0 Å². The summed E-state index contributed by atoms with van der Waals surface area (Å²) in [7, 11) is 0. The van der Waals surface area contributed by atoms with Crippen LogP contribution in [0.25, 0.3) is 22.6 Å². The Balaban J connectivity index is 1.41. The lowest BCUT2D eigenvalue weighted by Gasteiger charge is -2.39. The van der Waals surface area contributed by atoms with Gasteiger partial charge in [0.25, 0.3) is 5.89 Å². The maximum absolute atomic E-state index is 10.9. The quantitative estimate of drug-likeness (QED) is 0.680. The monoisotopic (exact) mass is 408 g/mol. The van der Waals surface area contributed by atoms with Crippen LogP contribution in [0.5, 0.6) is 0 Å². The summed E-state index contributed by atoms with van der Waals surface area (Å²) in [5.74, 6) is 1.60. The fraction of sp³-hybridized carbons (Fsp3) is 0.545. The molecular formula is C22H28N6O2. The Kier molecular flexibility index (Phi) is 5.35. The summed E-state index contributed by atoms with van der Waals surface area (Å²) in [6, 6.07) is 8.41. The van der Waals surface area contributed by atoms with E-state index in [0.29, 0.717) is 35.8 Å². The molecule has 1 unspecified atom stereocenters. The number of rotatable bonds is 4. The largest absolute Gasteiger partial charge is 0.390 e. The van der Waals surface area contributed by atoms with Crippen LogP contribution in [0.4, 0.5) is 5.82 Å². The highest BCUT2D eigenvalue weighted by Gasteiger charge is 2.32. The molecule has 2 fully saturated rings. The Hall–Kier alpha value is -2.58. The summed E-state index contributed by atoms with van der Waals surface area (Å²) in [6.07, 6.45) is 6.71. The minimum atomic E-state index is -0.466. The molecule has 3 aromatic rings. The number of nitrogens with one attached hydrogen (secondary N) is 1. The van der Waals surface area contributed by atoms with Gasteiger partial charge in [0.15, 0.2) is 17.3 Å². The van der Waals surface area contributed by atoms with E-state index < -0.39 is 6.10 Å². The first-order valence-electron chi connectivity index (χ1n) is 10.9. The molecule has 0 spiro atoms. The smallest absolute Gasteiger partial charge is 0.280 e. The maximum Gasteiger partial charge on any atom is 0.280 e. The zero-order valence-electron chi connectivity index (χ0n) is 17.3. The lowest BCUT2D eigenvalue weighted by Crippen LogP contribution is -2.55.